The topological polar surface area (TPSA) is 164 Å². The van der Waals surface area contributed by atoms with Gasteiger partial charge in [-0.15, -0.1) is 6.42 Å². The minimum absolute atomic E-state index is 0.0102. The Balaban J connectivity index is 1.70. The van der Waals surface area contributed by atoms with Crippen LogP contribution in [0.3, 0.4) is 0 Å². The molecule has 10 heteroatoms. The number of ether oxygens (including phenoxy) is 1. The van der Waals surface area contributed by atoms with Gasteiger partial charge in [0.2, 0.25) is 0 Å². The van der Waals surface area contributed by atoms with Gasteiger partial charge >= 0.3 is 0 Å². The number of benzene rings is 1. The molecule has 0 bridgehead atoms. The molecule has 10 nitrogen and oxygen atoms in total. The molecule has 3 amide bonds. The van der Waals surface area contributed by atoms with Gasteiger partial charge in [-0.05, 0) is 30.9 Å². The first-order chi connectivity index (χ1) is 14.8. The maximum atomic E-state index is 11.8. The molecule has 1 saturated carbocycles. The number of amides is 3. The molecule has 0 spiro atoms. The molecular formula is C21H22N6O4. The predicted molar refractivity (Wildman–Crippen MR) is 114 cm³/mol. The minimum Gasteiger partial charge on any atom is -0.487 e. The van der Waals surface area contributed by atoms with E-state index >= 15 is 0 Å². The number of hydrogen-bond donors (Lipinski definition) is 4. The zero-order valence-electron chi connectivity index (χ0n) is 16.6. The van der Waals surface area contributed by atoms with E-state index in [-0.39, 0.29) is 35.4 Å². The normalized spacial score (nSPS) is 16.7. The monoisotopic (exact) mass is 422 g/mol. The summed E-state index contributed by atoms with van der Waals surface area (Å²) in [5.41, 5.74) is 11.0. The number of hydrogen-bond acceptors (Lipinski definition) is 6. The third kappa shape index (κ3) is 5.70. The zero-order valence-corrected chi connectivity index (χ0v) is 16.6. The maximum absolute atomic E-state index is 11.8. The summed E-state index contributed by atoms with van der Waals surface area (Å²) in [7, 11) is 0. The number of primary amides is 1. The Bertz CT molecular complexity index is 1030. The first kappa shape index (κ1) is 21.6. The molecule has 1 aromatic rings. The van der Waals surface area contributed by atoms with Gasteiger partial charge in [-0.25, -0.2) is 0 Å². The Hall–Kier alpha value is -4.13. The van der Waals surface area contributed by atoms with E-state index < -0.39 is 11.6 Å². The first-order valence-electron chi connectivity index (χ1n) is 9.54. The van der Waals surface area contributed by atoms with Gasteiger partial charge in [0.1, 0.15) is 23.4 Å². The highest BCUT2D eigenvalue weighted by Crippen LogP contribution is 2.30. The number of aliphatic imine (C=N–C) groups is 1. The molecule has 1 saturated heterocycles. The smallest absolute Gasteiger partial charge is 0.298 e. The van der Waals surface area contributed by atoms with E-state index in [0.29, 0.717) is 24.5 Å². The van der Waals surface area contributed by atoms with Crippen LogP contribution in [0.4, 0.5) is 5.69 Å². The van der Waals surface area contributed by atoms with E-state index in [2.05, 4.69) is 16.2 Å². The number of nitrogens with zero attached hydrogens (tertiary/aromatic N) is 2. The number of terminal acetylenes is 1. The van der Waals surface area contributed by atoms with Crippen LogP contribution in [0.15, 0.2) is 41.0 Å². The Morgan fingerprint density at radius 2 is 2.00 bits per heavy atom. The van der Waals surface area contributed by atoms with Crippen molar-refractivity contribution in [2.45, 2.75) is 18.9 Å². The quantitative estimate of drug-likeness (QED) is 0.262. The van der Waals surface area contributed by atoms with Crippen LogP contribution in [0.2, 0.25) is 0 Å². The highest BCUT2D eigenvalue weighted by molar-refractivity contribution is 6.44. The van der Waals surface area contributed by atoms with Gasteiger partial charge in [0.25, 0.3) is 17.7 Å². The lowest BCUT2D eigenvalue weighted by Gasteiger charge is -2.37. The number of likely N-dealkylation sites (tertiary alicyclic amines) is 1. The van der Waals surface area contributed by atoms with Gasteiger partial charge in [-0.3, -0.25) is 19.8 Å². The number of amidine groups is 1. The maximum Gasteiger partial charge on any atom is 0.298 e. The summed E-state index contributed by atoms with van der Waals surface area (Å²) in [6, 6.07) is 6.77. The highest BCUT2D eigenvalue weighted by Gasteiger charge is 2.31. The highest BCUT2D eigenvalue weighted by atomic mass is 16.5. The number of nitrogens with one attached hydrogen (secondary N) is 2. The Morgan fingerprint density at radius 3 is 2.61 bits per heavy atom. The number of rotatable bonds is 8. The fourth-order valence-corrected chi connectivity index (χ4v) is 2.80. The fraction of sp³-hybridized carbons (Fsp3) is 0.286. The lowest BCUT2D eigenvalue weighted by atomic mass is 10.1. The summed E-state index contributed by atoms with van der Waals surface area (Å²) in [4.78, 5) is 40.0. The Labute approximate surface area is 178 Å². The molecule has 160 valence electrons. The van der Waals surface area contributed by atoms with Crippen LogP contribution in [-0.2, 0) is 14.4 Å². The van der Waals surface area contributed by atoms with Gasteiger partial charge in [0.05, 0.1) is 18.8 Å². The molecule has 3 rings (SSSR count). The molecular weight excluding hydrogens is 400 g/mol. The molecule has 0 radical (unpaired) electrons. The number of carbonyl (C=O) groups is 3. The first-order valence-corrected chi connectivity index (χ1v) is 9.54. The summed E-state index contributed by atoms with van der Waals surface area (Å²) in [6.07, 6.45) is 7.68. The number of carbonyl (C=O) groups excluding carboxylic acids is 3. The van der Waals surface area contributed by atoms with Crippen molar-refractivity contribution in [3.05, 3.63) is 36.0 Å². The predicted octanol–water partition coefficient (Wildman–Crippen LogP) is 0.00407. The molecule has 0 unspecified atom stereocenters. The van der Waals surface area contributed by atoms with E-state index in [4.69, 9.17) is 28.0 Å². The van der Waals surface area contributed by atoms with Crippen LogP contribution >= 0.6 is 0 Å². The van der Waals surface area contributed by atoms with E-state index in [0.717, 1.165) is 12.8 Å². The molecule has 2 aliphatic rings. The summed E-state index contributed by atoms with van der Waals surface area (Å²) >= 11 is 0. The van der Waals surface area contributed by atoms with E-state index in [9.17, 15) is 14.4 Å². The third-order valence-corrected chi connectivity index (χ3v) is 4.65. The van der Waals surface area contributed by atoms with Crippen molar-refractivity contribution >= 4 is 35.0 Å². The lowest BCUT2D eigenvalue weighted by Crippen LogP contribution is -2.55. The summed E-state index contributed by atoms with van der Waals surface area (Å²) in [5.74, 6) is 0.649. The van der Waals surface area contributed by atoms with Gasteiger partial charge in [0.15, 0.2) is 0 Å². The molecule has 1 heterocycles. The number of anilines is 1. The lowest BCUT2D eigenvalue weighted by molar-refractivity contribution is -0.133. The van der Waals surface area contributed by atoms with Crippen LogP contribution in [0.25, 0.3) is 0 Å². The molecule has 1 aliphatic heterocycles. The average Bonchev–Trinajstić information content (AvgIpc) is 3.54. The van der Waals surface area contributed by atoms with Crippen molar-refractivity contribution < 1.29 is 19.1 Å². The van der Waals surface area contributed by atoms with Crippen molar-refractivity contribution in [1.29, 1.82) is 5.41 Å². The molecule has 0 aromatic heterocycles. The second kappa shape index (κ2) is 9.13. The second-order valence-corrected chi connectivity index (χ2v) is 7.19. The van der Waals surface area contributed by atoms with Crippen LogP contribution in [-0.4, -0.2) is 53.4 Å². The van der Waals surface area contributed by atoms with Crippen molar-refractivity contribution in [3.8, 4) is 18.1 Å². The molecule has 2 fully saturated rings. The molecule has 31 heavy (non-hydrogen) atoms. The van der Waals surface area contributed by atoms with Crippen LogP contribution < -0.4 is 21.5 Å². The molecule has 1 aliphatic carbocycles. The van der Waals surface area contributed by atoms with E-state index in [1.807, 2.05) is 0 Å². The second-order valence-electron chi connectivity index (χ2n) is 7.19. The van der Waals surface area contributed by atoms with E-state index in [1.54, 1.807) is 24.3 Å². The summed E-state index contributed by atoms with van der Waals surface area (Å²) < 4.78 is 5.81. The van der Waals surface area contributed by atoms with Crippen LogP contribution in [0.5, 0.6) is 5.75 Å². The van der Waals surface area contributed by atoms with E-state index in [1.165, 1.54) is 11.0 Å². The zero-order chi connectivity index (χ0) is 22.5. The van der Waals surface area contributed by atoms with Crippen molar-refractivity contribution in [2.75, 3.05) is 18.4 Å². The van der Waals surface area contributed by atoms with Gasteiger partial charge < -0.3 is 26.4 Å². The fourth-order valence-electron chi connectivity index (χ4n) is 2.80. The SMILES string of the molecule is C#CC(=O)N1CC(Oc2cccc(N/C(=C/C(N)=NC(=O)C3CC3)C(=N)C(N)=O)c2)C1. The molecule has 1 aromatic carbocycles. The number of nitrogens with two attached hydrogens (primary N) is 2. The van der Waals surface area contributed by atoms with Crippen molar-refractivity contribution in [2.24, 2.45) is 22.4 Å². The summed E-state index contributed by atoms with van der Waals surface area (Å²) in [6.45, 7) is 0.778. The molecule has 6 N–H and O–H groups in total. The van der Waals surface area contributed by atoms with Crippen LogP contribution in [0.1, 0.15) is 12.8 Å². The van der Waals surface area contributed by atoms with Crippen LogP contribution in [0, 0.1) is 23.7 Å². The summed E-state index contributed by atoms with van der Waals surface area (Å²) in [5, 5.41) is 10.8. The van der Waals surface area contributed by atoms with Crippen molar-refractivity contribution in [3.63, 3.8) is 0 Å². The average molecular weight is 422 g/mol. The Kier molecular flexibility index (Phi) is 6.35. The van der Waals surface area contributed by atoms with Gasteiger partial charge in [0, 0.05) is 23.7 Å². The Morgan fingerprint density at radius 1 is 1.29 bits per heavy atom. The van der Waals surface area contributed by atoms with Gasteiger partial charge in [-0.2, -0.15) is 4.99 Å². The third-order valence-electron chi connectivity index (χ3n) is 4.65. The van der Waals surface area contributed by atoms with Gasteiger partial charge in [-0.1, -0.05) is 6.07 Å². The standard InChI is InChI=1S/C21H22N6O4/c1-2-18(28)27-10-15(11-27)31-14-5-3-4-13(8-14)25-16(19(23)20(24)29)9-17(22)26-21(30)12-6-7-12/h1,3-5,8-9,12,15,23,25H,6-7,10-11H2,(H2,24,29)(H2,22,26,30)/b16-9+,23-19?. The van der Waals surface area contributed by atoms with Crippen molar-refractivity contribution in [1.82, 2.24) is 4.90 Å². The largest absolute Gasteiger partial charge is 0.487 e. The molecule has 0 atom stereocenters. The minimum atomic E-state index is -0.972.